The van der Waals surface area contributed by atoms with Crippen molar-refractivity contribution in [3.63, 3.8) is 0 Å². The summed E-state index contributed by atoms with van der Waals surface area (Å²) in [5.41, 5.74) is 7.18. The van der Waals surface area contributed by atoms with E-state index in [0.717, 1.165) is 42.2 Å². The molecule has 0 spiro atoms. The average Bonchev–Trinajstić information content (AvgIpc) is 3.81. The number of aromatic nitrogens is 4. The first-order chi connectivity index (χ1) is 21.5. The molecule has 2 aromatic heterocycles. The monoisotopic (exact) mass is 630 g/mol. The topological polar surface area (TPSA) is 131 Å². The molecule has 0 bridgehead atoms. The van der Waals surface area contributed by atoms with Crippen molar-refractivity contribution in [3.05, 3.63) is 58.3 Å². The fourth-order valence-electron chi connectivity index (χ4n) is 3.89. The highest BCUT2D eigenvalue weighted by molar-refractivity contribution is 7.07. The molecule has 0 aliphatic carbocycles. The van der Waals surface area contributed by atoms with Gasteiger partial charge in [0.2, 0.25) is 5.91 Å². The summed E-state index contributed by atoms with van der Waals surface area (Å²) in [7, 11) is 1.61. The number of aryl methyl sites for hydroxylation is 1. The molecule has 1 aliphatic heterocycles. The lowest BCUT2D eigenvalue weighted by molar-refractivity contribution is -0.121. The Balaban J connectivity index is 0.000000308. The summed E-state index contributed by atoms with van der Waals surface area (Å²) in [4.78, 5) is 19.8. The van der Waals surface area contributed by atoms with Gasteiger partial charge in [0, 0.05) is 31.8 Å². The van der Waals surface area contributed by atoms with Gasteiger partial charge in [-0.15, -0.1) is 16.4 Å². The third-order valence-electron chi connectivity index (χ3n) is 6.34. The second-order valence-corrected chi connectivity index (χ2v) is 11.0. The lowest BCUT2D eigenvalue weighted by Crippen LogP contribution is -2.20. The summed E-state index contributed by atoms with van der Waals surface area (Å²) in [6.07, 6.45) is 4.29. The Morgan fingerprint density at radius 3 is 2.23 bits per heavy atom. The smallest absolute Gasteiger partial charge is 0.222 e. The number of benzene rings is 1. The fourth-order valence-corrected chi connectivity index (χ4v) is 4.45. The second-order valence-electron chi connectivity index (χ2n) is 10.3. The van der Waals surface area contributed by atoms with Crippen LogP contribution in [0.3, 0.4) is 0 Å². The molecule has 1 aliphatic rings. The summed E-state index contributed by atoms with van der Waals surface area (Å²) < 4.78 is 28.9. The minimum atomic E-state index is -0.0281. The number of carbonyl (C=O) groups is 1. The number of ether oxygens (including phenoxy) is 5. The maximum atomic E-state index is 11.0. The Hall–Kier alpha value is -3.07. The molecule has 0 fully saturated rings. The van der Waals surface area contributed by atoms with Crippen molar-refractivity contribution in [2.24, 2.45) is 10.9 Å². The third kappa shape index (κ3) is 14.6. The van der Waals surface area contributed by atoms with Crippen LogP contribution in [0.15, 0.2) is 46.3 Å². The Labute approximate surface area is 264 Å². The predicted molar refractivity (Wildman–Crippen MR) is 170 cm³/mol. The van der Waals surface area contributed by atoms with E-state index in [1.54, 1.807) is 18.4 Å². The molecule has 1 aromatic carbocycles. The number of rotatable bonds is 21. The van der Waals surface area contributed by atoms with E-state index in [2.05, 4.69) is 57.7 Å². The molecule has 4 rings (SSSR count). The Morgan fingerprint density at radius 2 is 1.61 bits per heavy atom. The summed E-state index contributed by atoms with van der Waals surface area (Å²) in [6.45, 7) is 10.1. The molecule has 0 saturated heterocycles. The van der Waals surface area contributed by atoms with Crippen molar-refractivity contribution in [1.82, 2.24) is 25.3 Å². The number of thiazole rings is 1. The molecule has 44 heavy (non-hydrogen) atoms. The van der Waals surface area contributed by atoms with Crippen LogP contribution in [0.5, 0.6) is 0 Å². The SMILES string of the molecule is CNC(=O)CCOCCOCCOCCOCCOCc1cn(CCC(C)C)nn1.c1ccc2c(c1)CC(c1cscn1)=N2. The zero-order chi connectivity index (χ0) is 31.2. The fraction of sp³-hybridized carbons (Fsp3) is 0.581. The quantitative estimate of drug-likeness (QED) is 0.174. The number of hydrogen-bond acceptors (Lipinski definition) is 11. The number of carbonyl (C=O) groups excluding carboxylic acids is 1. The van der Waals surface area contributed by atoms with E-state index >= 15 is 0 Å². The average molecular weight is 631 g/mol. The Bertz CT molecular complexity index is 1220. The van der Waals surface area contributed by atoms with Crippen LogP contribution >= 0.6 is 11.3 Å². The van der Waals surface area contributed by atoms with Gasteiger partial charge in [-0.3, -0.25) is 14.5 Å². The number of amides is 1. The van der Waals surface area contributed by atoms with Gasteiger partial charge in [0.05, 0.1) is 94.9 Å². The largest absolute Gasteiger partial charge is 0.379 e. The van der Waals surface area contributed by atoms with E-state index in [1.165, 1.54) is 5.56 Å². The first-order valence-electron chi connectivity index (χ1n) is 15.1. The maximum absolute atomic E-state index is 11.0. The lowest BCUT2D eigenvalue weighted by atomic mass is 10.1. The van der Waals surface area contributed by atoms with Crippen LogP contribution in [0, 0.1) is 5.92 Å². The van der Waals surface area contributed by atoms with Gasteiger partial charge < -0.3 is 29.0 Å². The van der Waals surface area contributed by atoms with Crippen molar-refractivity contribution in [1.29, 1.82) is 0 Å². The summed E-state index contributed by atoms with van der Waals surface area (Å²) in [5, 5.41) is 12.8. The molecule has 3 heterocycles. The summed E-state index contributed by atoms with van der Waals surface area (Å²) in [5.74, 6) is 0.619. The van der Waals surface area contributed by atoms with Crippen molar-refractivity contribution >= 4 is 28.6 Å². The molecule has 0 saturated carbocycles. The molecule has 3 aromatic rings. The standard InChI is InChI=1S/C20H38N4O6.C11H8N2S/c1-18(2)4-6-24-16-19(22-23-24)17-30-15-14-29-13-12-28-11-10-27-9-8-26-7-5-20(25)21-3;1-2-4-9-8(3-1)5-10(13-9)11-6-14-7-12-11/h16,18H,4-15,17H2,1-3H3,(H,21,25);1-4,6-7H,5H2. The van der Waals surface area contributed by atoms with Crippen LogP contribution in [-0.2, 0) is 48.1 Å². The maximum Gasteiger partial charge on any atom is 0.222 e. The highest BCUT2D eigenvalue weighted by atomic mass is 32.1. The molecular formula is C31H46N6O6S. The molecule has 0 unspecified atom stereocenters. The van der Waals surface area contributed by atoms with Gasteiger partial charge in [-0.05, 0) is 24.0 Å². The molecule has 242 valence electrons. The van der Waals surface area contributed by atoms with Crippen molar-refractivity contribution in [2.45, 2.75) is 46.3 Å². The normalized spacial score (nSPS) is 12.1. The molecule has 1 amide bonds. The zero-order valence-electron chi connectivity index (χ0n) is 26.1. The van der Waals surface area contributed by atoms with Gasteiger partial charge in [-0.25, -0.2) is 4.98 Å². The molecule has 0 radical (unpaired) electrons. The van der Waals surface area contributed by atoms with Gasteiger partial charge in [0.15, 0.2) is 0 Å². The molecular weight excluding hydrogens is 584 g/mol. The number of nitrogens with one attached hydrogen (secondary N) is 1. The van der Waals surface area contributed by atoms with Gasteiger partial charge in [-0.1, -0.05) is 37.3 Å². The first-order valence-corrected chi connectivity index (χ1v) is 16.0. The van der Waals surface area contributed by atoms with Crippen molar-refractivity contribution in [2.75, 3.05) is 66.5 Å². The van der Waals surface area contributed by atoms with Crippen molar-refractivity contribution < 1.29 is 28.5 Å². The third-order valence-corrected chi connectivity index (χ3v) is 6.93. The van der Waals surface area contributed by atoms with Crippen LogP contribution in [0.2, 0.25) is 0 Å². The lowest BCUT2D eigenvalue weighted by Gasteiger charge is -2.07. The Morgan fingerprint density at radius 1 is 0.955 bits per heavy atom. The number of fused-ring (bicyclic) bond motifs is 1. The second kappa shape index (κ2) is 21.6. The number of hydrogen-bond donors (Lipinski definition) is 1. The number of aliphatic imine (C=N–C) groups is 1. The molecule has 13 heteroatoms. The van der Waals surface area contributed by atoms with E-state index in [0.29, 0.717) is 78.4 Å². The van der Waals surface area contributed by atoms with Crippen molar-refractivity contribution in [3.8, 4) is 0 Å². The highest BCUT2D eigenvalue weighted by Crippen LogP contribution is 2.28. The van der Waals surface area contributed by atoms with Gasteiger partial charge >= 0.3 is 0 Å². The van der Waals surface area contributed by atoms with Gasteiger partial charge in [0.25, 0.3) is 0 Å². The highest BCUT2D eigenvalue weighted by Gasteiger charge is 2.16. The van der Waals surface area contributed by atoms with E-state index < -0.39 is 0 Å². The minimum Gasteiger partial charge on any atom is -0.379 e. The molecule has 0 atom stereocenters. The van der Waals surface area contributed by atoms with E-state index in [-0.39, 0.29) is 5.91 Å². The van der Waals surface area contributed by atoms with Crippen LogP contribution in [0.4, 0.5) is 5.69 Å². The van der Waals surface area contributed by atoms with E-state index in [1.807, 2.05) is 27.8 Å². The van der Waals surface area contributed by atoms with Crippen LogP contribution in [0.1, 0.15) is 43.6 Å². The zero-order valence-corrected chi connectivity index (χ0v) is 26.9. The van der Waals surface area contributed by atoms with Gasteiger partial charge in [0.1, 0.15) is 5.69 Å². The van der Waals surface area contributed by atoms with Crippen LogP contribution in [0.25, 0.3) is 0 Å². The van der Waals surface area contributed by atoms with E-state index in [4.69, 9.17) is 23.7 Å². The molecule has 1 N–H and O–H groups in total. The van der Waals surface area contributed by atoms with Crippen LogP contribution < -0.4 is 5.32 Å². The number of nitrogens with zero attached hydrogens (tertiary/aromatic N) is 5. The van der Waals surface area contributed by atoms with Crippen LogP contribution in [-0.4, -0.2) is 98.1 Å². The predicted octanol–water partition coefficient (Wildman–Crippen LogP) is 3.86. The summed E-state index contributed by atoms with van der Waals surface area (Å²) in [6, 6.07) is 8.25. The van der Waals surface area contributed by atoms with E-state index in [9.17, 15) is 4.79 Å². The summed E-state index contributed by atoms with van der Waals surface area (Å²) >= 11 is 1.61. The number of para-hydroxylation sites is 1. The molecule has 12 nitrogen and oxygen atoms in total. The Kier molecular flexibility index (Phi) is 17.4. The first kappa shape index (κ1) is 35.4. The van der Waals surface area contributed by atoms with Gasteiger partial charge in [-0.2, -0.15) is 0 Å². The minimum absolute atomic E-state index is 0.0281.